The second-order valence-corrected chi connectivity index (χ2v) is 1.69. The number of phosphoric acid groups is 1. The van der Waals surface area contributed by atoms with Crippen LogP contribution < -0.4 is 14.7 Å². The SMILES string of the molecule is O=CCO.O=P([O-])([O-])[O-]. The molecule has 0 aliphatic rings. The largest absolute Gasteiger partial charge is 0.822 e. The Morgan fingerprint density at radius 3 is 1.56 bits per heavy atom. The monoisotopic (exact) mass is 155 g/mol. The lowest BCUT2D eigenvalue weighted by atomic mass is 10.9. The number of hydrogen-bond acceptors (Lipinski definition) is 6. The lowest BCUT2D eigenvalue weighted by molar-refractivity contribution is -0.432. The molecule has 0 bridgehead atoms. The van der Waals surface area contributed by atoms with E-state index in [2.05, 4.69) is 0 Å². The van der Waals surface area contributed by atoms with Crippen molar-refractivity contribution in [1.29, 1.82) is 0 Å². The summed E-state index contributed by atoms with van der Waals surface area (Å²) in [4.78, 5) is 34.6. The molecule has 7 heteroatoms. The molecular formula is C2H4O6P-3. The van der Waals surface area contributed by atoms with E-state index < -0.39 is 7.82 Å². The molecule has 0 aromatic carbocycles. The molecule has 1 N–H and O–H groups in total. The van der Waals surface area contributed by atoms with Gasteiger partial charge in [-0.1, -0.05) is 0 Å². The molecule has 6 nitrogen and oxygen atoms in total. The van der Waals surface area contributed by atoms with Crippen LogP contribution in [0, 0.1) is 0 Å². The molecule has 0 saturated heterocycles. The van der Waals surface area contributed by atoms with Crippen LogP contribution in [-0.4, -0.2) is 18.0 Å². The Morgan fingerprint density at radius 2 is 1.56 bits per heavy atom. The summed E-state index contributed by atoms with van der Waals surface area (Å²) in [5.74, 6) is 0. The summed E-state index contributed by atoms with van der Waals surface area (Å²) < 4.78 is 8.55. The summed E-state index contributed by atoms with van der Waals surface area (Å²) >= 11 is 0. The highest BCUT2D eigenvalue weighted by Gasteiger charge is 1.53. The lowest BCUT2D eigenvalue weighted by Crippen LogP contribution is -2.24. The van der Waals surface area contributed by atoms with E-state index in [4.69, 9.17) is 29.1 Å². The Kier molecular flexibility index (Phi) is 7.52. The van der Waals surface area contributed by atoms with Gasteiger partial charge in [-0.2, -0.15) is 7.82 Å². The van der Waals surface area contributed by atoms with Gasteiger partial charge in [-0.25, -0.2) is 0 Å². The Labute approximate surface area is 51.0 Å². The van der Waals surface area contributed by atoms with E-state index >= 15 is 0 Å². The summed E-state index contributed by atoms with van der Waals surface area (Å²) in [5, 5.41) is 7.51. The Bertz CT molecular complexity index is 95.4. The summed E-state index contributed by atoms with van der Waals surface area (Å²) in [5.41, 5.74) is 0. The van der Waals surface area contributed by atoms with E-state index in [-0.39, 0.29) is 6.61 Å². The van der Waals surface area contributed by atoms with Crippen molar-refractivity contribution >= 4 is 14.1 Å². The van der Waals surface area contributed by atoms with Gasteiger partial charge in [-0.3, -0.25) is 0 Å². The zero-order valence-corrected chi connectivity index (χ0v) is 5.11. The minimum atomic E-state index is -5.39. The fourth-order valence-electron chi connectivity index (χ4n) is 0. The minimum absolute atomic E-state index is 0.361. The van der Waals surface area contributed by atoms with Gasteiger partial charge in [0.15, 0.2) is 0 Å². The predicted molar refractivity (Wildman–Crippen MR) is 20.8 cm³/mol. The number of rotatable bonds is 1. The maximum atomic E-state index is 8.92. The topological polar surface area (TPSA) is 124 Å². The molecule has 0 radical (unpaired) electrons. The first-order chi connectivity index (χ1) is 3.91. The van der Waals surface area contributed by atoms with E-state index in [0.29, 0.717) is 6.29 Å². The van der Waals surface area contributed by atoms with Crippen molar-refractivity contribution in [2.75, 3.05) is 6.61 Å². The highest BCUT2D eigenvalue weighted by Crippen LogP contribution is 2.03. The first-order valence-electron chi connectivity index (χ1n) is 1.69. The van der Waals surface area contributed by atoms with Gasteiger partial charge in [-0.05, 0) is 0 Å². The van der Waals surface area contributed by atoms with Gasteiger partial charge in [0, 0.05) is 0 Å². The first kappa shape index (κ1) is 11.5. The highest BCUT2D eigenvalue weighted by atomic mass is 31.2. The van der Waals surface area contributed by atoms with Crippen molar-refractivity contribution in [3.05, 3.63) is 0 Å². The highest BCUT2D eigenvalue weighted by molar-refractivity contribution is 7.40. The normalized spacial score (nSPS) is 9.33. The third-order valence-electron chi connectivity index (χ3n) is 0.0745. The number of carbonyl (C=O) groups excluding carboxylic acids is 1. The number of aliphatic hydroxyl groups is 1. The van der Waals surface area contributed by atoms with Gasteiger partial charge in [0.25, 0.3) is 0 Å². The van der Waals surface area contributed by atoms with Crippen LogP contribution >= 0.6 is 7.82 Å². The first-order valence-corrected chi connectivity index (χ1v) is 3.15. The lowest BCUT2D eigenvalue weighted by Gasteiger charge is -2.36. The summed E-state index contributed by atoms with van der Waals surface area (Å²) in [6.07, 6.45) is 0.431. The van der Waals surface area contributed by atoms with Crippen LogP contribution in [0.15, 0.2) is 0 Å². The van der Waals surface area contributed by atoms with Gasteiger partial charge < -0.3 is 29.1 Å². The van der Waals surface area contributed by atoms with Crippen LogP contribution in [0.4, 0.5) is 0 Å². The number of hydrogen-bond donors (Lipinski definition) is 1. The second-order valence-electron chi connectivity index (χ2n) is 0.796. The summed E-state index contributed by atoms with van der Waals surface area (Å²) in [6, 6.07) is 0. The molecule has 0 aliphatic carbocycles. The van der Waals surface area contributed by atoms with Gasteiger partial charge in [0.2, 0.25) is 0 Å². The smallest absolute Gasteiger partial charge is 0.145 e. The molecule has 0 rings (SSSR count). The molecule has 0 spiro atoms. The average molecular weight is 155 g/mol. The van der Waals surface area contributed by atoms with E-state index in [1.807, 2.05) is 0 Å². The minimum Gasteiger partial charge on any atom is -0.822 e. The molecule has 0 aliphatic heterocycles. The van der Waals surface area contributed by atoms with Crippen molar-refractivity contribution in [1.82, 2.24) is 0 Å². The molecule has 56 valence electrons. The second kappa shape index (κ2) is 5.87. The Balaban J connectivity index is 0. The number of aldehydes is 1. The third kappa shape index (κ3) is 466. The number of carbonyl (C=O) groups is 1. The van der Waals surface area contributed by atoms with Crippen molar-refractivity contribution in [2.24, 2.45) is 0 Å². The molecule has 0 atom stereocenters. The molecule has 0 heterocycles. The van der Waals surface area contributed by atoms with Crippen molar-refractivity contribution in [3.8, 4) is 0 Å². The molecule has 0 aromatic rings. The van der Waals surface area contributed by atoms with Crippen molar-refractivity contribution in [3.63, 3.8) is 0 Å². The molecular weight excluding hydrogens is 151 g/mol. The van der Waals surface area contributed by atoms with Crippen LogP contribution in [0.5, 0.6) is 0 Å². The van der Waals surface area contributed by atoms with E-state index in [1.54, 1.807) is 0 Å². The standard InChI is InChI=1S/C2H4O2.H3O4P/c3-1-2-4;1-5(2,3)4/h1,4H,2H2;(H3,1,2,3,4)/p-3. The van der Waals surface area contributed by atoms with E-state index in [1.165, 1.54) is 0 Å². The molecule has 0 fully saturated rings. The quantitative estimate of drug-likeness (QED) is 0.307. The summed E-state index contributed by atoms with van der Waals surface area (Å²) in [7, 11) is -5.39. The van der Waals surface area contributed by atoms with Crippen molar-refractivity contribution in [2.45, 2.75) is 0 Å². The molecule has 9 heavy (non-hydrogen) atoms. The van der Waals surface area contributed by atoms with Crippen LogP contribution in [0.2, 0.25) is 0 Å². The van der Waals surface area contributed by atoms with Gasteiger partial charge in [0.05, 0.1) is 6.61 Å². The maximum absolute atomic E-state index is 8.92. The zero-order chi connectivity index (χ0) is 7.91. The van der Waals surface area contributed by atoms with E-state index in [0.717, 1.165) is 0 Å². The van der Waals surface area contributed by atoms with Crippen LogP contribution in [0.1, 0.15) is 0 Å². The molecule has 0 amide bonds. The van der Waals surface area contributed by atoms with Crippen molar-refractivity contribution < 1.29 is 29.1 Å². The number of aliphatic hydroxyl groups excluding tert-OH is 1. The average Bonchev–Trinajstić information content (AvgIpc) is 1.61. The molecule has 0 unspecified atom stereocenters. The van der Waals surface area contributed by atoms with Crippen LogP contribution in [0.3, 0.4) is 0 Å². The fourth-order valence-corrected chi connectivity index (χ4v) is 0. The van der Waals surface area contributed by atoms with Gasteiger partial charge in [0.1, 0.15) is 6.29 Å². The fraction of sp³-hybridized carbons (Fsp3) is 0.500. The van der Waals surface area contributed by atoms with Crippen LogP contribution in [-0.2, 0) is 9.36 Å². The third-order valence-corrected chi connectivity index (χ3v) is 0.0745. The molecule has 0 saturated carbocycles. The Morgan fingerprint density at radius 1 is 1.44 bits per heavy atom. The van der Waals surface area contributed by atoms with Gasteiger partial charge >= 0.3 is 0 Å². The van der Waals surface area contributed by atoms with Gasteiger partial charge in [-0.15, -0.1) is 0 Å². The molecule has 0 aromatic heterocycles. The maximum Gasteiger partial charge on any atom is 0.145 e. The van der Waals surface area contributed by atoms with E-state index in [9.17, 15) is 0 Å². The van der Waals surface area contributed by atoms with Crippen LogP contribution in [0.25, 0.3) is 0 Å². The zero-order valence-electron chi connectivity index (χ0n) is 4.22. The summed E-state index contributed by atoms with van der Waals surface area (Å²) in [6.45, 7) is -0.361. The Hall–Kier alpha value is -0.260. The predicted octanol–water partition coefficient (Wildman–Crippen LogP) is -3.65.